The maximum atomic E-state index is 13.0. The number of hydrogen-bond donors (Lipinski definition) is 0. The molecule has 0 spiro atoms. The van der Waals surface area contributed by atoms with Gasteiger partial charge in [0.25, 0.3) is 5.91 Å². The molecule has 1 amide bonds. The minimum Gasteiger partial charge on any atom is -0.337 e. The SMILES string of the molecule is CCc1nccn1[C@H]1CCCN(C(=O)c2ccc3c(c2)nnn3C)C1. The Labute approximate surface area is 146 Å². The Hall–Kier alpha value is -2.70. The quantitative estimate of drug-likeness (QED) is 0.734. The van der Waals surface area contributed by atoms with Crippen LogP contribution in [0.3, 0.4) is 0 Å². The van der Waals surface area contributed by atoms with Gasteiger partial charge in [-0.3, -0.25) is 4.79 Å². The van der Waals surface area contributed by atoms with E-state index in [9.17, 15) is 4.79 Å². The van der Waals surface area contributed by atoms with Crippen LogP contribution in [-0.2, 0) is 13.5 Å². The first kappa shape index (κ1) is 15.8. The zero-order valence-electron chi connectivity index (χ0n) is 14.6. The second-order valence-corrected chi connectivity index (χ2v) is 6.57. The summed E-state index contributed by atoms with van der Waals surface area (Å²) in [7, 11) is 1.85. The summed E-state index contributed by atoms with van der Waals surface area (Å²) < 4.78 is 3.94. The number of likely N-dealkylation sites (tertiary alicyclic amines) is 1. The van der Waals surface area contributed by atoms with Crippen LogP contribution in [0.5, 0.6) is 0 Å². The minimum atomic E-state index is 0.0652. The maximum absolute atomic E-state index is 13.0. The zero-order valence-corrected chi connectivity index (χ0v) is 14.6. The molecule has 3 heterocycles. The smallest absolute Gasteiger partial charge is 0.254 e. The number of imidazole rings is 1. The molecule has 0 bridgehead atoms. The summed E-state index contributed by atoms with van der Waals surface area (Å²) in [6.45, 7) is 3.63. The molecular weight excluding hydrogens is 316 g/mol. The van der Waals surface area contributed by atoms with Crippen LogP contribution in [-0.4, -0.2) is 48.4 Å². The van der Waals surface area contributed by atoms with Gasteiger partial charge in [-0.2, -0.15) is 0 Å². The van der Waals surface area contributed by atoms with Gasteiger partial charge in [0.1, 0.15) is 11.3 Å². The molecule has 4 rings (SSSR count). The van der Waals surface area contributed by atoms with Crippen molar-refractivity contribution >= 4 is 16.9 Å². The van der Waals surface area contributed by atoms with Crippen molar-refractivity contribution in [2.45, 2.75) is 32.2 Å². The number of benzene rings is 1. The second kappa shape index (κ2) is 6.31. The van der Waals surface area contributed by atoms with Gasteiger partial charge >= 0.3 is 0 Å². The van der Waals surface area contributed by atoms with Crippen molar-refractivity contribution in [3.63, 3.8) is 0 Å². The van der Waals surface area contributed by atoms with Gasteiger partial charge in [-0.05, 0) is 31.0 Å². The molecule has 1 saturated heterocycles. The Kier molecular flexibility index (Phi) is 3.99. The van der Waals surface area contributed by atoms with Crippen LogP contribution in [0, 0.1) is 0 Å². The average Bonchev–Trinajstić information content (AvgIpc) is 3.27. The monoisotopic (exact) mass is 338 g/mol. The summed E-state index contributed by atoms with van der Waals surface area (Å²) in [6.07, 6.45) is 6.87. The molecule has 0 N–H and O–H groups in total. The van der Waals surface area contributed by atoms with Crippen molar-refractivity contribution in [2.75, 3.05) is 13.1 Å². The molecule has 130 valence electrons. The van der Waals surface area contributed by atoms with E-state index in [0.717, 1.165) is 49.2 Å². The normalized spacial score (nSPS) is 18.0. The van der Waals surface area contributed by atoms with E-state index in [1.54, 1.807) is 4.68 Å². The van der Waals surface area contributed by atoms with E-state index in [1.165, 1.54) is 0 Å². The number of aromatic nitrogens is 5. The van der Waals surface area contributed by atoms with E-state index in [0.29, 0.717) is 11.6 Å². The predicted octanol–water partition coefficient (Wildman–Crippen LogP) is 2.20. The maximum Gasteiger partial charge on any atom is 0.254 e. The van der Waals surface area contributed by atoms with Gasteiger partial charge in [0.2, 0.25) is 0 Å². The molecule has 2 aromatic heterocycles. The van der Waals surface area contributed by atoms with Gasteiger partial charge in [-0.1, -0.05) is 12.1 Å². The van der Waals surface area contributed by atoms with Gasteiger partial charge in [-0.15, -0.1) is 5.10 Å². The highest BCUT2D eigenvalue weighted by Crippen LogP contribution is 2.25. The summed E-state index contributed by atoms with van der Waals surface area (Å²) in [5.74, 6) is 1.15. The van der Waals surface area contributed by atoms with Gasteiger partial charge in [-0.25, -0.2) is 9.67 Å². The number of aryl methyl sites for hydroxylation is 2. The Bertz CT molecular complexity index is 911. The second-order valence-electron chi connectivity index (χ2n) is 6.57. The predicted molar refractivity (Wildman–Crippen MR) is 94.3 cm³/mol. The highest BCUT2D eigenvalue weighted by atomic mass is 16.2. The Balaban J connectivity index is 1.56. The van der Waals surface area contributed by atoms with E-state index >= 15 is 0 Å². The number of amides is 1. The molecule has 0 saturated carbocycles. The van der Waals surface area contributed by atoms with Crippen LogP contribution in [0.4, 0.5) is 0 Å². The first-order chi connectivity index (χ1) is 12.2. The summed E-state index contributed by atoms with van der Waals surface area (Å²) in [5.41, 5.74) is 2.36. The van der Waals surface area contributed by atoms with E-state index in [1.807, 2.05) is 42.5 Å². The topological polar surface area (TPSA) is 68.8 Å². The van der Waals surface area contributed by atoms with Gasteiger partial charge in [0, 0.05) is 44.5 Å². The average molecular weight is 338 g/mol. The Morgan fingerprint density at radius 1 is 1.36 bits per heavy atom. The molecule has 1 aromatic carbocycles. The highest BCUT2D eigenvalue weighted by molar-refractivity contribution is 5.97. The van der Waals surface area contributed by atoms with E-state index in [2.05, 4.69) is 26.8 Å². The van der Waals surface area contributed by atoms with E-state index < -0.39 is 0 Å². The zero-order chi connectivity index (χ0) is 17.4. The largest absolute Gasteiger partial charge is 0.337 e. The first-order valence-corrected chi connectivity index (χ1v) is 8.77. The fourth-order valence-electron chi connectivity index (χ4n) is 3.67. The van der Waals surface area contributed by atoms with Crippen molar-refractivity contribution in [3.05, 3.63) is 42.0 Å². The van der Waals surface area contributed by atoms with Crippen molar-refractivity contribution < 1.29 is 4.79 Å². The van der Waals surface area contributed by atoms with Crippen LogP contribution in [0.2, 0.25) is 0 Å². The lowest BCUT2D eigenvalue weighted by molar-refractivity contribution is 0.0678. The van der Waals surface area contributed by atoms with Crippen molar-refractivity contribution in [1.29, 1.82) is 0 Å². The number of piperidine rings is 1. The van der Waals surface area contributed by atoms with E-state index in [4.69, 9.17) is 0 Å². The van der Waals surface area contributed by atoms with Crippen LogP contribution in [0.1, 0.15) is 42.0 Å². The highest BCUT2D eigenvalue weighted by Gasteiger charge is 2.26. The molecule has 1 aliphatic heterocycles. The Morgan fingerprint density at radius 2 is 2.24 bits per heavy atom. The lowest BCUT2D eigenvalue weighted by Crippen LogP contribution is -2.40. The van der Waals surface area contributed by atoms with Gasteiger partial charge in [0.05, 0.1) is 11.6 Å². The fraction of sp³-hybridized carbons (Fsp3) is 0.444. The fourth-order valence-corrected chi connectivity index (χ4v) is 3.67. The first-order valence-electron chi connectivity index (χ1n) is 8.77. The van der Waals surface area contributed by atoms with Crippen molar-refractivity contribution in [1.82, 2.24) is 29.4 Å². The number of fused-ring (bicyclic) bond motifs is 1. The minimum absolute atomic E-state index is 0.0652. The lowest BCUT2D eigenvalue weighted by Gasteiger charge is -2.34. The molecule has 1 atom stereocenters. The summed E-state index contributed by atoms with van der Waals surface area (Å²) >= 11 is 0. The van der Waals surface area contributed by atoms with Crippen molar-refractivity contribution in [2.24, 2.45) is 7.05 Å². The third-order valence-corrected chi connectivity index (χ3v) is 5.00. The molecule has 7 nitrogen and oxygen atoms in total. The number of carbonyl (C=O) groups is 1. The molecular formula is C18H22N6O. The van der Waals surface area contributed by atoms with Crippen LogP contribution >= 0.6 is 0 Å². The summed E-state index contributed by atoms with van der Waals surface area (Å²) in [4.78, 5) is 19.3. The lowest BCUT2D eigenvalue weighted by atomic mass is 10.0. The van der Waals surface area contributed by atoms with Crippen LogP contribution in [0.15, 0.2) is 30.6 Å². The molecule has 7 heteroatoms. The molecule has 1 fully saturated rings. The number of carbonyl (C=O) groups excluding carboxylic acids is 1. The molecule has 0 radical (unpaired) electrons. The van der Waals surface area contributed by atoms with Crippen LogP contribution < -0.4 is 0 Å². The standard InChI is InChI=1S/C18H22N6O/c1-3-17-19-8-10-24(17)14-5-4-9-23(12-14)18(25)13-6-7-16-15(11-13)20-21-22(16)2/h6-8,10-11,14H,3-5,9,12H2,1-2H3/t14-/m0/s1. The van der Waals surface area contributed by atoms with Gasteiger partial charge in [0.15, 0.2) is 0 Å². The van der Waals surface area contributed by atoms with Crippen molar-refractivity contribution in [3.8, 4) is 0 Å². The molecule has 0 aliphatic carbocycles. The number of hydrogen-bond acceptors (Lipinski definition) is 4. The number of rotatable bonds is 3. The van der Waals surface area contributed by atoms with Gasteiger partial charge < -0.3 is 9.47 Å². The molecule has 1 aliphatic rings. The summed E-state index contributed by atoms with van der Waals surface area (Å²) in [6, 6.07) is 5.92. The Morgan fingerprint density at radius 3 is 3.08 bits per heavy atom. The van der Waals surface area contributed by atoms with Crippen LogP contribution in [0.25, 0.3) is 11.0 Å². The summed E-state index contributed by atoms with van der Waals surface area (Å²) in [5, 5.41) is 8.12. The third kappa shape index (κ3) is 2.79. The third-order valence-electron chi connectivity index (χ3n) is 5.00. The van der Waals surface area contributed by atoms with E-state index in [-0.39, 0.29) is 5.91 Å². The molecule has 0 unspecified atom stereocenters. The molecule has 25 heavy (non-hydrogen) atoms. The number of nitrogens with zero attached hydrogens (tertiary/aromatic N) is 6. The molecule has 3 aromatic rings.